The highest BCUT2D eigenvalue weighted by Crippen LogP contribution is 2.25. The highest BCUT2D eigenvalue weighted by Gasteiger charge is 2.16. The third-order valence-corrected chi connectivity index (χ3v) is 2.77. The molecule has 2 rings (SSSR count). The van der Waals surface area contributed by atoms with E-state index in [1.54, 1.807) is 6.07 Å². The van der Waals surface area contributed by atoms with Crippen molar-refractivity contribution in [2.75, 3.05) is 0 Å². The van der Waals surface area contributed by atoms with Crippen molar-refractivity contribution in [1.82, 2.24) is 0 Å². The van der Waals surface area contributed by atoms with Crippen molar-refractivity contribution in [1.29, 1.82) is 5.26 Å². The Kier molecular flexibility index (Phi) is 4.00. The van der Waals surface area contributed by atoms with Gasteiger partial charge in [-0.2, -0.15) is 5.26 Å². The Morgan fingerprint density at radius 1 is 1.14 bits per heavy atom. The molecule has 21 heavy (non-hydrogen) atoms. The molecule has 5 heteroatoms. The SMILES string of the molecule is N#C/C(=C/c1ccc(F)cc1)C(=O)c1cc(O)ccc1O. The topological polar surface area (TPSA) is 81.3 Å². The maximum Gasteiger partial charge on any atom is 0.207 e. The van der Waals surface area contributed by atoms with Crippen molar-refractivity contribution in [3.05, 3.63) is 65.0 Å². The lowest BCUT2D eigenvalue weighted by atomic mass is 10.0. The number of aromatic hydroxyl groups is 2. The van der Waals surface area contributed by atoms with Gasteiger partial charge in [-0.05, 0) is 42.0 Å². The van der Waals surface area contributed by atoms with Gasteiger partial charge in [0, 0.05) is 0 Å². The molecule has 0 amide bonds. The van der Waals surface area contributed by atoms with E-state index in [1.165, 1.54) is 36.4 Å². The van der Waals surface area contributed by atoms with Crippen LogP contribution in [0, 0.1) is 17.1 Å². The van der Waals surface area contributed by atoms with Gasteiger partial charge in [0.15, 0.2) is 0 Å². The number of halogens is 1. The lowest BCUT2D eigenvalue weighted by Gasteiger charge is -2.03. The highest BCUT2D eigenvalue weighted by atomic mass is 19.1. The Morgan fingerprint density at radius 2 is 1.81 bits per heavy atom. The molecule has 104 valence electrons. The molecule has 0 aliphatic rings. The molecule has 0 aliphatic heterocycles. The van der Waals surface area contributed by atoms with Gasteiger partial charge in [0.1, 0.15) is 29.0 Å². The molecule has 2 aromatic carbocycles. The summed E-state index contributed by atoms with van der Waals surface area (Å²) in [5, 5.41) is 28.1. The summed E-state index contributed by atoms with van der Waals surface area (Å²) in [7, 11) is 0. The Hall–Kier alpha value is -3.13. The van der Waals surface area contributed by atoms with Gasteiger partial charge >= 0.3 is 0 Å². The van der Waals surface area contributed by atoms with Crippen LogP contribution >= 0.6 is 0 Å². The molecule has 0 atom stereocenters. The third kappa shape index (κ3) is 3.25. The van der Waals surface area contributed by atoms with E-state index >= 15 is 0 Å². The zero-order chi connectivity index (χ0) is 15.4. The van der Waals surface area contributed by atoms with Crippen LogP contribution in [0.15, 0.2) is 48.0 Å². The number of hydrogen-bond donors (Lipinski definition) is 2. The first-order chi connectivity index (χ1) is 10.0. The Bertz CT molecular complexity index is 758. The molecule has 0 spiro atoms. The first-order valence-corrected chi connectivity index (χ1v) is 5.95. The molecule has 0 saturated carbocycles. The van der Waals surface area contributed by atoms with E-state index in [4.69, 9.17) is 5.26 Å². The number of allylic oxidation sites excluding steroid dienone is 1. The van der Waals surface area contributed by atoms with Crippen LogP contribution in [-0.2, 0) is 0 Å². The zero-order valence-electron chi connectivity index (χ0n) is 10.7. The number of nitrogens with zero attached hydrogens (tertiary/aromatic N) is 1. The Balaban J connectivity index is 2.41. The first kappa shape index (κ1) is 14.3. The van der Waals surface area contributed by atoms with Gasteiger partial charge in [0.05, 0.1) is 5.56 Å². The second-order valence-corrected chi connectivity index (χ2v) is 4.25. The lowest BCUT2D eigenvalue weighted by molar-refractivity contribution is 0.103. The zero-order valence-corrected chi connectivity index (χ0v) is 10.7. The number of benzene rings is 2. The minimum absolute atomic E-state index is 0.176. The van der Waals surface area contributed by atoms with Gasteiger partial charge in [0.25, 0.3) is 0 Å². The van der Waals surface area contributed by atoms with E-state index in [2.05, 4.69) is 0 Å². The van der Waals surface area contributed by atoms with Gasteiger partial charge in [-0.3, -0.25) is 4.79 Å². The van der Waals surface area contributed by atoms with Crippen LogP contribution in [0.3, 0.4) is 0 Å². The van der Waals surface area contributed by atoms with E-state index in [1.807, 2.05) is 0 Å². The number of carbonyl (C=O) groups excluding carboxylic acids is 1. The maximum atomic E-state index is 12.8. The standard InChI is InChI=1S/C16H10FNO3/c17-12-3-1-10(2-4-12)7-11(9-18)16(21)14-8-13(19)5-6-15(14)20/h1-8,19-20H/b11-7-. The van der Waals surface area contributed by atoms with Crippen molar-refractivity contribution < 1.29 is 19.4 Å². The van der Waals surface area contributed by atoms with Crippen LogP contribution in [0.1, 0.15) is 15.9 Å². The highest BCUT2D eigenvalue weighted by molar-refractivity contribution is 6.15. The summed E-state index contributed by atoms with van der Waals surface area (Å²) in [4.78, 5) is 12.2. The monoisotopic (exact) mass is 283 g/mol. The number of Topliss-reactive ketones (excluding diaryl/α,β-unsaturated/α-hetero) is 1. The van der Waals surface area contributed by atoms with Gasteiger partial charge < -0.3 is 10.2 Å². The van der Waals surface area contributed by atoms with Crippen molar-refractivity contribution in [2.24, 2.45) is 0 Å². The van der Waals surface area contributed by atoms with E-state index in [0.29, 0.717) is 5.56 Å². The summed E-state index contributed by atoms with van der Waals surface area (Å²) in [5.41, 5.74) is 0.0633. The summed E-state index contributed by atoms with van der Waals surface area (Å²) < 4.78 is 12.8. The maximum absolute atomic E-state index is 12.8. The molecule has 0 aromatic heterocycles. The number of phenols is 2. The van der Waals surface area contributed by atoms with Gasteiger partial charge in [0.2, 0.25) is 5.78 Å². The third-order valence-electron chi connectivity index (χ3n) is 2.77. The number of carbonyl (C=O) groups is 1. The van der Waals surface area contributed by atoms with E-state index in [9.17, 15) is 19.4 Å². The normalized spacial score (nSPS) is 11.0. The van der Waals surface area contributed by atoms with Crippen molar-refractivity contribution >= 4 is 11.9 Å². The van der Waals surface area contributed by atoms with Gasteiger partial charge in [-0.15, -0.1) is 0 Å². The summed E-state index contributed by atoms with van der Waals surface area (Å²) in [6, 6.07) is 10.4. The smallest absolute Gasteiger partial charge is 0.207 e. The molecule has 0 radical (unpaired) electrons. The van der Waals surface area contributed by atoms with Gasteiger partial charge in [-0.25, -0.2) is 4.39 Å². The van der Waals surface area contributed by atoms with Crippen molar-refractivity contribution in [3.8, 4) is 17.6 Å². The van der Waals surface area contributed by atoms with Crippen LogP contribution in [0.25, 0.3) is 6.08 Å². The number of phenolic OH excluding ortho intramolecular Hbond substituents is 2. The quantitative estimate of drug-likeness (QED) is 0.392. The molecule has 0 fully saturated rings. The van der Waals surface area contributed by atoms with Crippen LogP contribution in [0.4, 0.5) is 4.39 Å². The predicted octanol–water partition coefficient (Wildman–Crippen LogP) is 3.03. The first-order valence-electron chi connectivity index (χ1n) is 5.95. The summed E-state index contributed by atoms with van der Waals surface area (Å²) >= 11 is 0. The van der Waals surface area contributed by atoms with Crippen LogP contribution < -0.4 is 0 Å². The largest absolute Gasteiger partial charge is 0.508 e. The number of nitriles is 1. The van der Waals surface area contributed by atoms with Crippen LogP contribution in [0.2, 0.25) is 0 Å². The number of rotatable bonds is 3. The fraction of sp³-hybridized carbons (Fsp3) is 0. The summed E-state index contributed by atoms with van der Waals surface area (Å²) in [5.74, 6) is -1.69. The average molecular weight is 283 g/mol. The lowest BCUT2D eigenvalue weighted by Crippen LogP contribution is -2.02. The van der Waals surface area contributed by atoms with Crippen molar-refractivity contribution in [3.63, 3.8) is 0 Å². The molecule has 0 saturated heterocycles. The average Bonchev–Trinajstić information content (AvgIpc) is 2.48. The Morgan fingerprint density at radius 3 is 2.43 bits per heavy atom. The molecule has 0 heterocycles. The van der Waals surface area contributed by atoms with Crippen LogP contribution in [-0.4, -0.2) is 16.0 Å². The fourth-order valence-electron chi connectivity index (χ4n) is 1.73. The fourth-order valence-corrected chi connectivity index (χ4v) is 1.73. The van der Waals surface area contributed by atoms with Gasteiger partial charge in [-0.1, -0.05) is 12.1 Å². The molecule has 0 unspecified atom stereocenters. The number of ketones is 1. The molecule has 2 N–H and O–H groups in total. The summed E-state index contributed by atoms with van der Waals surface area (Å²) in [6.45, 7) is 0. The predicted molar refractivity (Wildman–Crippen MR) is 74.1 cm³/mol. The molecular weight excluding hydrogens is 273 g/mol. The van der Waals surface area contributed by atoms with E-state index < -0.39 is 11.6 Å². The second-order valence-electron chi connectivity index (χ2n) is 4.25. The minimum atomic E-state index is -0.727. The molecule has 0 aliphatic carbocycles. The molecular formula is C16H10FNO3. The molecule has 0 bridgehead atoms. The Labute approximate surface area is 120 Å². The molecule has 4 nitrogen and oxygen atoms in total. The van der Waals surface area contributed by atoms with Crippen LogP contribution in [0.5, 0.6) is 11.5 Å². The minimum Gasteiger partial charge on any atom is -0.508 e. The molecule has 2 aromatic rings. The van der Waals surface area contributed by atoms with E-state index in [0.717, 1.165) is 12.1 Å². The summed E-state index contributed by atoms with van der Waals surface area (Å²) in [6.07, 6.45) is 1.28. The number of hydrogen-bond acceptors (Lipinski definition) is 4. The van der Waals surface area contributed by atoms with E-state index in [-0.39, 0.29) is 22.6 Å². The van der Waals surface area contributed by atoms with Crippen molar-refractivity contribution in [2.45, 2.75) is 0 Å². The second kappa shape index (κ2) is 5.88.